The van der Waals surface area contributed by atoms with Gasteiger partial charge >= 0.3 is 6.43 Å². The number of aliphatic hydroxyl groups is 1. The number of alkyl halides is 2. The van der Waals surface area contributed by atoms with Crippen LogP contribution in [0.2, 0.25) is 0 Å². The van der Waals surface area contributed by atoms with Crippen LogP contribution in [0.25, 0.3) is 0 Å². The summed E-state index contributed by atoms with van der Waals surface area (Å²) in [6.07, 6.45) is -2.77. The summed E-state index contributed by atoms with van der Waals surface area (Å²) in [4.78, 5) is 14.5. The van der Waals surface area contributed by atoms with Crippen molar-refractivity contribution in [2.75, 3.05) is 62.2 Å². The van der Waals surface area contributed by atoms with Gasteiger partial charge in [-0.15, -0.1) is 0 Å². The lowest BCUT2D eigenvalue weighted by molar-refractivity contribution is -0.133. The Labute approximate surface area is 179 Å². The van der Waals surface area contributed by atoms with Crippen LogP contribution in [0.3, 0.4) is 0 Å². The predicted molar refractivity (Wildman–Crippen MR) is 108 cm³/mol. The monoisotopic (exact) mass is 443 g/mol. The summed E-state index contributed by atoms with van der Waals surface area (Å²) < 4.78 is 44.9. The van der Waals surface area contributed by atoms with Crippen LogP contribution in [0.1, 0.15) is 12.8 Å². The van der Waals surface area contributed by atoms with E-state index in [4.69, 9.17) is 4.74 Å². The highest BCUT2D eigenvalue weighted by Crippen LogP contribution is 2.29. The summed E-state index contributed by atoms with van der Waals surface area (Å²) in [6, 6.07) is 4.76. The van der Waals surface area contributed by atoms with Crippen molar-refractivity contribution in [1.82, 2.24) is 15.3 Å². The molecule has 0 aliphatic carbocycles. The summed E-state index contributed by atoms with van der Waals surface area (Å²) in [6.45, 7) is 5.22. The second-order valence-electron chi connectivity index (χ2n) is 8.02. The number of carbonyl (C=O) groups is 1. The average molecular weight is 443 g/mol. The zero-order valence-electron chi connectivity index (χ0n) is 17.2. The molecule has 3 saturated heterocycles. The number of fused-ring (bicyclic) bond motifs is 1. The SMILES string of the molecule is O=C(NCC1CN(c2ccc(N3CCN4CCCCN4CC3)c(F)c2)C(O)O1)C(F)F. The lowest BCUT2D eigenvalue weighted by Gasteiger charge is -2.36. The van der Waals surface area contributed by atoms with Gasteiger partial charge in [-0.3, -0.25) is 4.79 Å². The van der Waals surface area contributed by atoms with Crippen molar-refractivity contribution in [3.05, 3.63) is 24.0 Å². The van der Waals surface area contributed by atoms with Crippen molar-refractivity contribution < 1.29 is 27.8 Å². The van der Waals surface area contributed by atoms with E-state index in [1.54, 1.807) is 12.1 Å². The maximum absolute atomic E-state index is 15.0. The first-order valence-electron chi connectivity index (χ1n) is 10.6. The van der Waals surface area contributed by atoms with Crippen molar-refractivity contribution in [2.24, 2.45) is 0 Å². The molecule has 0 saturated carbocycles. The minimum absolute atomic E-state index is 0.136. The first-order chi connectivity index (χ1) is 14.9. The quantitative estimate of drug-likeness (QED) is 0.698. The van der Waals surface area contributed by atoms with Crippen molar-refractivity contribution in [3.63, 3.8) is 0 Å². The van der Waals surface area contributed by atoms with Crippen LogP contribution < -0.4 is 15.1 Å². The van der Waals surface area contributed by atoms with E-state index >= 15 is 0 Å². The largest absolute Gasteiger partial charge is 0.366 e. The maximum Gasteiger partial charge on any atom is 0.315 e. The Morgan fingerprint density at radius 1 is 1.13 bits per heavy atom. The number of hydrogen-bond donors (Lipinski definition) is 2. The van der Waals surface area contributed by atoms with Crippen LogP contribution in [0.15, 0.2) is 18.2 Å². The first-order valence-corrected chi connectivity index (χ1v) is 10.6. The molecule has 2 unspecified atom stereocenters. The molecule has 0 spiro atoms. The molecule has 11 heteroatoms. The molecule has 4 rings (SSSR count). The van der Waals surface area contributed by atoms with E-state index < -0.39 is 30.7 Å². The molecule has 0 aromatic heterocycles. The van der Waals surface area contributed by atoms with Crippen LogP contribution in [-0.2, 0) is 9.53 Å². The molecule has 2 atom stereocenters. The molecule has 1 amide bonds. The lowest BCUT2D eigenvalue weighted by atomic mass is 10.2. The molecular formula is C20H28F3N5O3. The van der Waals surface area contributed by atoms with Gasteiger partial charge in [-0.05, 0) is 31.0 Å². The minimum atomic E-state index is -3.11. The number of aliphatic hydroxyl groups excluding tert-OH is 1. The third-order valence-corrected chi connectivity index (χ3v) is 6.03. The van der Waals surface area contributed by atoms with E-state index in [2.05, 4.69) is 15.3 Å². The number of hydrazine groups is 1. The number of nitrogens with zero attached hydrogens (tertiary/aromatic N) is 4. The number of carbonyl (C=O) groups excluding carboxylic acids is 1. The van der Waals surface area contributed by atoms with Crippen LogP contribution in [0, 0.1) is 5.82 Å². The number of nitrogens with one attached hydrogen (secondary N) is 1. The van der Waals surface area contributed by atoms with Gasteiger partial charge < -0.3 is 25.0 Å². The van der Waals surface area contributed by atoms with E-state index in [1.807, 2.05) is 4.90 Å². The Hall–Kier alpha value is -2.08. The molecule has 3 aliphatic heterocycles. The molecule has 3 aliphatic rings. The molecule has 3 heterocycles. The highest BCUT2D eigenvalue weighted by atomic mass is 19.3. The van der Waals surface area contributed by atoms with E-state index in [0.29, 0.717) is 11.4 Å². The standard InChI is InChI=1S/C20H28F3N5O3/c21-16-11-14(28-13-15(31-20(28)30)12-24-19(29)18(22)23)3-4-17(16)25-7-9-26-5-1-2-6-27(26)10-8-25/h3-4,11,15,18,20,30H,1-2,5-10,12-13H2,(H,24,29). The Morgan fingerprint density at radius 2 is 1.81 bits per heavy atom. The van der Waals surface area contributed by atoms with Crippen molar-refractivity contribution in [1.29, 1.82) is 0 Å². The Kier molecular flexibility index (Phi) is 6.85. The molecule has 172 valence electrons. The average Bonchev–Trinajstić information content (AvgIpc) is 2.99. The summed E-state index contributed by atoms with van der Waals surface area (Å²) >= 11 is 0. The molecule has 31 heavy (non-hydrogen) atoms. The van der Waals surface area contributed by atoms with E-state index in [1.165, 1.54) is 23.8 Å². The second-order valence-corrected chi connectivity index (χ2v) is 8.02. The Morgan fingerprint density at radius 3 is 2.42 bits per heavy atom. The van der Waals surface area contributed by atoms with Gasteiger partial charge in [0.15, 0.2) is 0 Å². The maximum atomic E-state index is 15.0. The molecular weight excluding hydrogens is 415 g/mol. The number of anilines is 2. The number of halogens is 3. The van der Waals surface area contributed by atoms with E-state index in [-0.39, 0.29) is 13.1 Å². The number of ether oxygens (including phenoxy) is 1. The van der Waals surface area contributed by atoms with Crippen molar-refractivity contribution in [3.8, 4) is 0 Å². The van der Waals surface area contributed by atoms with Gasteiger partial charge in [0, 0.05) is 51.5 Å². The molecule has 8 nitrogen and oxygen atoms in total. The predicted octanol–water partition coefficient (Wildman–Crippen LogP) is 0.821. The summed E-state index contributed by atoms with van der Waals surface area (Å²) in [7, 11) is 0. The zero-order valence-corrected chi connectivity index (χ0v) is 17.2. The van der Waals surface area contributed by atoms with Crippen molar-refractivity contribution >= 4 is 17.3 Å². The van der Waals surface area contributed by atoms with Crippen LogP contribution in [-0.4, -0.2) is 92.3 Å². The van der Waals surface area contributed by atoms with Gasteiger partial charge in [0.25, 0.3) is 5.91 Å². The highest BCUT2D eigenvalue weighted by molar-refractivity contribution is 5.79. The molecule has 0 bridgehead atoms. The van der Waals surface area contributed by atoms with Crippen LogP contribution in [0.4, 0.5) is 24.5 Å². The second kappa shape index (κ2) is 9.60. The Bertz CT molecular complexity index is 770. The van der Waals surface area contributed by atoms with Gasteiger partial charge in [0.1, 0.15) is 5.82 Å². The molecule has 0 radical (unpaired) electrons. The summed E-state index contributed by atoms with van der Waals surface area (Å²) in [5, 5.41) is 16.9. The third kappa shape index (κ3) is 5.05. The van der Waals surface area contributed by atoms with Gasteiger partial charge in [-0.25, -0.2) is 14.4 Å². The molecule has 1 aromatic carbocycles. The fourth-order valence-electron chi connectivity index (χ4n) is 4.37. The van der Waals surface area contributed by atoms with Gasteiger partial charge in [0.05, 0.1) is 18.3 Å². The van der Waals surface area contributed by atoms with Crippen LogP contribution in [0.5, 0.6) is 0 Å². The van der Waals surface area contributed by atoms with Crippen LogP contribution >= 0.6 is 0 Å². The lowest BCUT2D eigenvalue weighted by Crippen LogP contribution is -2.47. The van der Waals surface area contributed by atoms with Gasteiger partial charge in [0.2, 0.25) is 6.41 Å². The molecule has 3 fully saturated rings. The summed E-state index contributed by atoms with van der Waals surface area (Å²) in [5.41, 5.74) is 0.938. The first kappa shape index (κ1) is 22.1. The van der Waals surface area contributed by atoms with Gasteiger partial charge in [-0.2, -0.15) is 8.78 Å². The summed E-state index contributed by atoms with van der Waals surface area (Å²) in [5.74, 6) is -1.79. The number of benzene rings is 1. The molecule has 2 N–H and O–H groups in total. The fourth-order valence-corrected chi connectivity index (χ4v) is 4.37. The highest BCUT2D eigenvalue weighted by Gasteiger charge is 2.33. The smallest absolute Gasteiger partial charge is 0.315 e. The number of hydrogen-bond acceptors (Lipinski definition) is 7. The topological polar surface area (TPSA) is 71.5 Å². The minimum Gasteiger partial charge on any atom is -0.366 e. The number of rotatable bonds is 5. The van der Waals surface area contributed by atoms with E-state index in [9.17, 15) is 23.1 Å². The van der Waals surface area contributed by atoms with Gasteiger partial charge in [-0.1, -0.05) is 0 Å². The normalized spacial score (nSPS) is 25.6. The molecule has 1 aromatic rings. The third-order valence-electron chi connectivity index (χ3n) is 6.03. The number of amides is 1. The zero-order chi connectivity index (χ0) is 22.0. The van der Waals surface area contributed by atoms with Crippen molar-refractivity contribution in [2.45, 2.75) is 31.8 Å². The Balaban J connectivity index is 1.38. The fraction of sp³-hybridized carbons (Fsp3) is 0.650. The van der Waals surface area contributed by atoms with E-state index in [0.717, 1.165) is 39.3 Å².